The topological polar surface area (TPSA) is 61.4 Å². The van der Waals surface area contributed by atoms with Crippen molar-refractivity contribution in [1.82, 2.24) is 0 Å². The summed E-state index contributed by atoms with van der Waals surface area (Å²) >= 11 is 15.1. The third-order valence-corrected chi connectivity index (χ3v) is 8.66. The van der Waals surface area contributed by atoms with Crippen LogP contribution in [0.2, 0.25) is 10.0 Å². The molecule has 1 aliphatic carbocycles. The standard InChI is InChI=1S/C27H21Cl2N3O2S2/c28-20-13-12-18(15-21(20)29)30-26(33)16-35-19-7-5-6-17(14-19)31-27(34)32-22-8-1-3-10-24(22)36-25-11-4-2-9-23(25)32/h1-15,22,24H,16H2,(H,30,33)(H,31,34). The molecular weight excluding hydrogens is 533 g/mol. The van der Waals surface area contributed by atoms with Crippen LogP contribution >= 0.6 is 46.7 Å². The molecule has 3 amide bonds. The number of benzene rings is 3. The van der Waals surface area contributed by atoms with E-state index in [1.165, 1.54) is 11.8 Å². The van der Waals surface area contributed by atoms with Crippen molar-refractivity contribution in [1.29, 1.82) is 0 Å². The minimum atomic E-state index is -0.197. The molecule has 2 atom stereocenters. The number of carbonyl (C=O) groups excluding carboxylic acids is 2. The zero-order valence-electron chi connectivity index (χ0n) is 18.9. The van der Waals surface area contributed by atoms with E-state index in [9.17, 15) is 9.59 Å². The van der Waals surface area contributed by atoms with E-state index in [1.807, 2.05) is 65.6 Å². The SMILES string of the molecule is O=C(CSc1cccc(NC(=O)N2c3ccccc3SC3C=CC=CC32)c1)Nc1ccc(Cl)c(Cl)c1. The van der Waals surface area contributed by atoms with E-state index in [0.717, 1.165) is 15.5 Å². The summed E-state index contributed by atoms with van der Waals surface area (Å²) in [5.74, 6) is 0.0355. The fourth-order valence-corrected chi connectivity index (χ4v) is 6.30. The van der Waals surface area contributed by atoms with Crippen molar-refractivity contribution in [2.45, 2.75) is 21.1 Å². The van der Waals surface area contributed by atoms with Gasteiger partial charge in [-0.3, -0.25) is 9.69 Å². The van der Waals surface area contributed by atoms with Gasteiger partial charge in [0.25, 0.3) is 0 Å². The van der Waals surface area contributed by atoms with E-state index in [0.29, 0.717) is 21.4 Å². The number of rotatable bonds is 5. The van der Waals surface area contributed by atoms with E-state index in [1.54, 1.807) is 30.0 Å². The molecule has 2 unspecified atom stereocenters. The summed E-state index contributed by atoms with van der Waals surface area (Å²) in [4.78, 5) is 29.6. The van der Waals surface area contributed by atoms with E-state index in [-0.39, 0.29) is 29.0 Å². The lowest BCUT2D eigenvalue weighted by molar-refractivity contribution is -0.113. The molecule has 0 spiro atoms. The van der Waals surface area contributed by atoms with Crippen LogP contribution in [-0.2, 0) is 4.79 Å². The Morgan fingerprint density at radius 1 is 0.889 bits per heavy atom. The normalized spacial score (nSPS) is 17.8. The maximum atomic E-state index is 13.5. The van der Waals surface area contributed by atoms with Crippen LogP contribution < -0.4 is 15.5 Å². The first-order chi connectivity index (χ1) is 17.5. The van der Waals surface area contributed by atoms with Gasteiger partial charge < -0.3 is 10.6 Å². The number of nitrogens with one attached hydrogen (secondary N) is 2. The lowest BCUT2D eigenvalue weighted by Gasteiger charge is -2.40. The second-order valence-corrected chi connectivity index (χ2v) is 11.2. The number of thioether (sulfide) groups is 2. The highest BCUT2D eigenvalue weighted by Crippen LogP contribution is 2.43. The summed E-state index contributed by atoms with van der Waals surface area (Å²) in [5, 5.41) is 6.83. The molecule has 5 rings (SSSR count). The molecule has 182 valence electrons. The van der Waals surface area contributed by atoms with Gasteiger partial charge in [0, 0.05) is 21.2 Å². The van der Waals surface area contributed by atoms with Gasteiger partial charge in [-0.25, -0.2) is 4.79 Å². The summed E-state index contributed by atoms with van der Waals surface area (Å²) in [6.45, 7) is 0. The minimum absolute atomic E-state index is 0.0717. The Balaban J connectivity index is 1.25. The molecule has 5 nitrogen and oxygen atoms in total. The number of amides is 3. The number of fused-ring (bicyclic) bond motifs is 2. The number of carbonyl (C=O) groups is 2. The van der Waals surface area contributed by atoms with E-state index in [2.05, 4.69) is 22.8 Å². The molecule has 2 N–H and O–H groups in total. The molecule has 0 saturated carbocycles. The van der Waals surface area contributed by atoms with Crippen LogP contribution in [0, 0.1) is 0 Å². The average molecular weight is 555 g/mol. The first-order valence-electron chi connectivity index (χ1n) is 11.2. The molecule has 36 heavy (non-hydrogen) atoms. The number of halogens is 2. The molecule has 3 aromatic carbocycles. The Bertz CT molecular complexity index is 1380. The monoisotopic (exact) mass is 553 g/mol. The molecule has 1 heterocycles. The molecule has 0 bridgehead atoms. The minimum Gasteiger partial charge on any atom is -0.325 e. The number of allylic oxidation sites excluding steroid dienone is 2. The third kappa shape index (κ3) is 5.60. The summed E-state index contributed by atoms with van der Waals surface area (Å²) < 4.78 is 0. The lowest BCUT2D eigenvalue weighted by atomic mass is 10.1. The molecule has 9 heteroatoms. The molecular formula is C27H21Cl2N3O2S2. The number of nitrogens with zero attached hydrogens (tertiary/aromatic N) is 1. The smallest absolute Gasteiger partial charge is 0.325 e. The maximum absolute atomic E-state index is 13.5. The van der Waals surface area contributed by atoms with E-state index >= 15 is 0 Å². The van der Waals surface area contributed by atoms with Crippen LogP contribution in [0.5, 0.6) is 0 Å². The zero-order chi connectivity index (χ0) is 25.1. The summed E-state index contributed by atoms with van der Waals surface area (Å²) in [5.41, 5.74) is 2.14. The van der Waals surface area contributed by atoms with Gasteiger partial charge in [-0.15, -0.1) is 23.5 Å². The van der Waals surface area contributed by atoms with Gasteiger partial charge >= 0.3 is 6.03 Å². The number of urea groups is 1. The zero-order valence-corrected chi connectivity index (χ0v) is 22.0. The second kappa shape index (κ2) is 11.0. The van der Waals surface area contributed by atoms with Gasteiger partial charge in [0.1, 0.15) is 0 Å². The first-order valence-corrected chi connectivity index (χ1v) is 13.8. The van der Waals surface area contributed by atoms with Gasteiger partial charge in [-0.2, -0.15) is 0 Å². The van der Waals surface area contributed by atoms with E-state index < -0.39 is 0 Å². The van der Waals surface area contributed by atoms with Crippen LogP contribution in [0.4, 0.5) is 21.9 Å². The molecule has 1 aliphatic heterocycles. The molecule has 3 aromatic rings. The summed E-state index contributed by atoms with van der Waals surface area (Å²) in [6.07, 6.45) is 8.20. The molecule has 0 aromatic heterocycles. The van der Waals surface area contributed by atoms with Gasteiger partial charge in [0.2, 0.25) is 5.91 Å². The van der Waals surface area contributed by atoms with Crippen LogP contribution in [0.25, 0.3) is 0 Å². The Hall–Kier alpha value is -2.84. The van der Waals surface area contributed by atoms with Crippen molar-refractivity contribution in [2.24, 2.45) is 0 Å². The second-order valence-electron chi connectivity index (χ2n) is 8.10. The average Bonchev–Trinajstić information content (AvgIpc) is 2.88. The number of para-hydroxylation sites is 1. The van der Waals surface area contributed by atoms with Gasteiger partial charge in [-0.05, 0) is 48.5 Å². The van der Waals surface area contributed by atoms with Crippen molar-refractivity contribution in [3.8, 4) is 0 Å². The predicted octanol–water partition coefficient (Wildman–Crippen LogP) is 7.73. The van der Waals surface area contributed by atoms with Gasteiger partial charge in [0.15, 0.2) is 0 Å². The molecule has 0 fully saturated rings. The fraction of sp³-hybridized carbons (Fsp3) is 0.111. The Kier molecular flexibility index (Phi) is 7.62. The first kappa shape index (κ1) is 24.8. The maximum Gasteiger partial charge on any atom is 0.326 e. The highest BCUT2D eigenvalue weighted by Gasteiger charge is 2.36. The van der Waals surface area contributed by atoms with Crippen molar-refractivity contribution in [3.05, 3.63) is 101 Å². The Morgan fingerprint density at radius 2 is 1.69 bits per heavy atom. The highest BCUT2D eigenvalue weighted by atomic mass is 35.5. The van der Waals surface area contributed by atoms with E-state index in [4.69, 9.17) is 23.2 Å². The Morgan fingerprint density at radius 3 is 2.56 bits per heavy atom. The van der Waals surface area contributed by atoms with Gasteiger partial charge in [-0.1, -0.05) is 65.7 Å². The molecule has 0 saturated heterocycles. The van der Waals surface area contributed by atoms with Crippen molar-refractivity contribution < 1.29 is 9.59 Å². The number of anilines is 3. The van der Waals surface area contributed by atoms with Crippen molar-refractivity contribution >= 4 is 75.7 Å². The van der Waals surface area contributed by atoms with Crippen molar-refractivity contribution in [2.75, 3.05) is 21.3 Å². The molecule has 0 radical (unpaired) electrons. The van der Waals surface area contributed by atoms with Gasteiger partial charge in [0.05, 0.1) is 32.8 Å². The summed E-state index contributed by atoms with van der Waals surface area (Å²) in [6, 6.07) is 20.1. The fourth-order valence-electron chi connectivity index (χ4n) is 3.99. The summed E-state index contributed by atoms with van der Waals surface area (Å²) in [7, 11) is 0. The Labute approximate surface area is 227 Å². The largest absolute Gasteiger partial charge is 0.326 e. The molecule has 2 aliphatic rings. The quantitative estimate of drug-likeness (QED) is 0.317. The van der Waals surface area contributed by atoms with Crippen LogP contribution in [0.3, 0.4) is 0 Å². The lowest BCUT2D eigenvalue weighted by Crippen LogP contribution is -2.49. The van der Waals surface area contributed by atoms with Crippen LogP contribution in [0.15, 0.2) is 101 Å². The predicted molar refractivity (Wildman–Crippen MR) is 152 cm³/mol. The van der Waals surface area contributed by atoms with Crippen LogP contribution in [-0.4, -0.2) is 29.0 Å². The van der Waals surface area contributed by atoms with Crippen LogP contribution in [0.1, 0.15) is 0 Å². The number of hydrogen-bond acceptors (Lipinski definition) is 4. The third-order valence-electron chi connectivity index (χ3n) is 5.62. The highest BCUT2D eigenvalue weighted by molar-refractivity contribution is 8.00. The van der Waals surface area contributed by atoms with Crippen molar-refractivity contribution in [3.63, 3.8) is 0 Å². The number of hydrogen-bond donors (Lipinski definition) is 2.